The molecular weight excluding hydrogens is 272 g/mol. The van der Waals surface area contributed by atoms with Gasteiger partial charge in [-0.1, -0.05) is 37.1 Å². The fourth-order valence-corrected chi connectivity index (χ4v) is 4.15. The number of hydrogen-bond donors (Lipinski definition) is 0. The summed E-state index contributed by atoms with van der Waals surface area (Å²) in [4.78, 5) is 24.6. The number of rotatable bonds is 6. The normalized spacial score (nSPS) is 21.5. The molecule has 0 heterocycles. The molecular formula is C20H26O2. The zero-order chi connectivity index (χ0) is 15.4. The molecule has 2 aliphatic carbocycles. The molecule has 2 nitrogen and oxygen atoms in total. The number of benzene rings is 1. The van der Waals surface area contributed by atoms with E-state index >= 15 is 0 Å². The topological polar surface area (TPSA) is 34.1 Å². The number of aryl methyl sites for hydroxylation is 1. The monoisotopic (exact) mass is 298 g/mol. The SMILES string of the molecule is O=C(CCCC(=O)C1CCCc2ccccc21)C1CCCC1. The molecule has 0 amide bonds. The minimum atomic E-state index is 0.0755. The van der Waals surface area contributed by atoms with Gasteiger partial charge in [0.05, 0.1) is 0 Å². The zero-order valence-corrected chi connectivity index (χ0v) is 13.4. The Morgan fingerprint density at radius 3 is 2.45 bits per heavy atom. The summed E-state index contributed by atoms with van der Waals surface area (Å²) in [5, 5.41) is 0. The number of hydrogen-bond acceptors (Lipinski definition) is 2. The molecule has 118 valence electrons. The van der Waals surface area contributed by atoms with Crippen LogP contribution in [0.4, 0.5) is 0 Å². The smallest absolute Gasteiger partial charge is 0.140 e. The van der Waals surface area contributed by atoms with E-state index in [1.54, 1.807) is 0 Å². The summed E-state index contributed by atoms with van der Waals surface area (Å²) in [6.07, 6.45) is 9.64. The van der Waals surface area contributed by atoms with Crippen LogP contribution in [0.1, 0.15) is 74.8 Å². The average molecular weight is 298 g/mol. The van der Waals surface area contributed by atoms with Crippen LogP contribution in [0.3, 0.4) is 0 Å². The van der Waals surface area contributed by atoms with Gasteiger partial charge in [-0.2, -0.15) is 0 Å². The second-order valence-corrected chi connectivity index (χ2v) is 6.91. The first-order chi connectivity index (χ1) is 10.8. The summed E-state index contributed by atoms with van der Waals surface area (Å²) in [5.41, 5.74) is 2.58. The molecule has 0 aromatic heterocycles. The van der Waals surface area contributed by atoms with Gasteiger partial charge in [-0.3, -0.25) is 9.59 Å². The lowest BCUT2D eigenvalue weighted by atomic mass is 9.79. The second kappa shape index (κ2) is 7.21. The Morgan fingerprint density at radius 2 is 1.64 bits per heavy atom. The summed E-state index contributed by atoms with van der Waals surface area (Å²) in [7, 11) is 0. The van der Waals surface area contributed by atoms with E-state index in [0.29, 0.717) is 30.3 Å². The van der Waals surface area contributed by atoms with Gasteiger partial charge in [0.25, 0.3) is 0 Å². The van der Waals surface area contributed by atoms with Gasteiger partial charge in [0.2, 0.25) is 0 Å². The standard InChI is InChI=1S/C20H26O2/c21-19(16-8-1-2-9-16)13-6-14-20(22)18-12-5-10-15-7-3-4-11-17(15)18/h3-4,7,11,16,18H,1-2,5-6,8-10,12-14H2. The van der Waals surface area contributed by atoms with Crippen LogP contribution in [-0.4, -0.2) is 11.6 Å². The van der Waals surface area contributed by atoms with Crippen LogP contribution in [0, 0.1) is 5.92 Å². The average Bonchev–Trinajstić information content (AvgIpc) is 3.08. The minimum absolute atomic E-state index is 0.0755. The molecule has 1 aromatic carbocycles. The van der Waals surface area contributed by atoms with E-state index in [0.717, 1.165) is 38.5 Å². The number of fused-ring (bicyclic) bond motifs is 1. The van der Waals surface area contributed by atoms with E-state index in [-0.39, 0.29) is 5.92 Å². The van der Waals surface area contributed by atoms with Crippen LogP contribution in [0.5, 0.6) is 0 Å². The van der Waals surface area contributed by atoms with Crippen molar-refractivity contribution in [1.29, 1.82) is 0 Å². The number of Topliss-reactive ketones (excluding diaryl/α,β-unsaturated/α-hetero) is 2. The van der Waals surface area contributed by atoms with E-state index in [2.05, 4.69) is 18.2 Å². The maximum Gasteiger partial charge on any atom is 0.140 e. The van der Waals surface area contributed by atoms with Crippen LogP contribution in [0.2, 0.25) is 0 Å². The molecule has 0 saturated heterocycles. The van der Waals surface area contributed by atoms with Crippen molar-refractivity contribution in [2.75, 3.05) is 0 Å². The molecule has 1 saturated carbocycles. The molecule has 1 aromatic rings. The summed E-state index contributed by atoms with van der Waals surface area (Å²) >= 11 is 0. The van der Waals surface area contributed by atoms with Crippen LogP contribution in [0.25, 0.3) is 0 Å². The molecule has 2 heteroatoms. The maximum atomic E-state index is 12.6. The largest absolute Gasteiger partial charge is 0.299 e. The fraction of sp³-hybridized carbons (Fsp3) is 0.600. The summed E-state index contributed by atoms with van der Waals surface area (Å²) in [6, 6.07) is 8.36. The van der Waals surface area contributed by atoms with Gasteiger partial charge in [-0.15, -0.1) is 0 Å². The first-order valence-corrected chi connectivity index (χ1v) is 8.89. The predicted molar refractivity (Wildman–Crippen MR) is 87.9 cm³/mol. The molecule has 0 aliphatic heterocycles. The Labute approximate surface area is 133 Å². The van der Waals surface area contributed by atoms with Crippen LogP contribution < -0.4 is 0 Å². The van der Waals surface area contributed by atoms with E-state index < -0.39 is 0 Å². The van der Waals surface area contributed by atoms with Gasteiger partial charge < -0.3 is 0 Å². The van der Waals surface area contributed by atoms with Crippen molar-refractivity contribution in [3.63, 3.8) is 0 Å². The van der Waals surface area contributed by atoms with Gasteiger partial charge in [0.1, 0.15) is 11.6 Å². The quantitative estimate of drug-likeness (QED) is 0.769. The lowest BCUT2D eigenvalue weighted by Gasteiger charge is -2.24. The Bertz CT molecular complexity index is 540. The molecule has 1 fully saturated rings. The van der Waals surface area contributed by atoms with E-state index in [1.165, 1.54) is 24.0 Å². The lowest BCUT2D eigenvalue weighted by molar-refractivity contribution is -0.123. The Kier molecular flexibility index (Phi) is 5.07. The lowest BCUT2D eigenvalue weighted by Crippen LogP contribution is -2.19. The number of ketones is 2. The molecule has 0 spiro atoms. The second-order valence-electron chi connectivity index (χ2n) is 6.91. The highest BCUT2D eigenvalue weighted by Gasteiger charge is 2.26. The zero-order valence-electron chi connectivity index (χ0n) is 13.4. The Balaban J connectivity index is 1.51. The minimum Gasteiger partial charge on any atom is -0.299 e. The summed E-state index contributed by atoms with van der Waals surface area (Å²) < 4.78 is 0. The van der Waals surface area contributed by atoms with E-state index in [4.69, 9.17) is 0 Å². The Hall–Kier alpha value is -1.44. The van der Waals surface area contributed by atoms with Crippen LogP contribution >= 0.6 is 0 Å². The first-order valence-electron chi connectivity index (χ1n) is 8.89. The van der Waals surface area contributed by atoms with Crippen molar-refractivity contribution >= 4 is 11.6 Å². The van der Waals surface area contributed by atoms with Crippen molar-refractivity contribution in [2.45, 2.75) is 70.1 Å². The van der Waals surface area contributed by atoms with E-state index in [1.807, 2.05) is 6.07 Å². The highest BCUT2D eigenvalue weighted by atomic mass is 16.1. The third-order valence-electron chi connectivity index (χ3n) is 5.41. The fourth-order valence-electron chi connectivity index (χ4n) is 4.15. The summed E-state index contributed by atoms with van der Waals surface area (Å²) in [5.74, 6) is 1.11. The molecule has 1 unspecified atom stereocenters. The molecule has 3 rings (SSSR count). The van der Waals surface area contributed by atoms with Gasteiger partial charge >= 0.3 is 0 Å². The molecule has 22 heavy (non-hydrogen) atoms. The van der Waals surface area contributed by atoms with Crippen LogP contribution in [0.15, 0.2) is 24.3 Å². The maximum absolute atomic E-state index is 12.6. The van der Waals surface area contributed by atoms with Crippen molar-refractivity contribution in [2.24, 2.45) is 5.92 Å². The first kappa shape index (κ1) is 15.5. The highest BCUT2D eigenvalue weighted by molar-refractivity contribution is 5.87. The Morgan fingerprint density at radius 1 is 0.909 bits per heavy atom. The van der Waals surface area contributed by atoms with Crippen LogP contribution in [-0.2, 0) is 16.0 Å². The van der Waals surface area contributed by atoms with Crippen molar-refractivity contribution in [1.82, 2.24) is 0 Å². The predicted octanol–water partition coefficient (Wildman–Crippen LogP) is 4.61. The van der Waals surface area contributed by atoms with Gasteiger partial charge in [-0.05, 0) is 49.7 Å². The van der Waals surface area contributed by atoms with Gasteiger partial charge in [0.15, 0.2) is 0 Å². The molecule has 0 radical (unpaired) electrons. The molecule has 0 bridgehead atoms. The van der Waals surface area contributed by atoms with E-state index in [9.17, 15) is 9.59 Å². The molecule has 1 atom stereocenters. The number of carbonyl (C=O) groups is 2. The van der Waals surface area contributed by atoms with Crippen molar-refractivity contribution in [3.05, 3.63) is 35.4 Å². The molecule has 0 N–H and O–H groups in total. The van der Waals surface area contributed by atoms with Gasteiger partial charge in [-0.25, -0.2) is 0 Å². The van der Waals surface area contributed by atoms with Crippen molar-refractivity contribution < 1.29 is 9.59 Å². The molecule has 2 aliphatic rings. The summed E-state index contributed by atoms with van der Waals surface area (Å²) in [6.45, 7) is 0. The third-order valence-corrected chi connectivity index (χ3v) is 5.41. The highest BCUT2D eigenvalue weighted by Crippen LogP contribution is 2.33. The van der Waals surface area contributed by atoms with Crippen molar-refractivity contribution in [3.8, 4) is 0 Å². The third kappa shape index (κ3) is 3.48. The van der Waals surface area contributed by atoms with Gasteiger partial charge in [0, 0.05) is 24.7 Å². The number of carbonyl (C=O) groups excluding carboxylic acids is 2.